The minimum Gasteiger partial charge on any atom is -0.387 e. The molecular formula is C14H13BrFNO. The topological polar surface area (TPSA) is 32.3 Å². The van der Waals surface area contributed by atoms with Crippen molar-refractivity contribution >= 4 is 21.6 Å². The van der Waals surface area contributed by atoms with Crippen LogP contribution in [0, 0.1) is 5.82 Å². The molecule has 2 aromatic rings. The summed E-state index contributed by atoms with van der Waals surface area (Å²) in [5, 5.41) is 13.0. The number of hydrogen-bond acceptors (Lipinski definition) is 2. The van der Waals surface area contributed by atoms with Crippen molar-refractivity contribution in [2.75, 3.05) is 11.9 Å². The van der Waals surface area contributed by atoms with Crippen LogP contribution in [0.25, 0.3) is 0 Å². The third-order valence-corrected chi connectivity index (χ3v) is 3.05. The van der Waals surface area contributed by atoms with Crippen molar-refractivity contribution in [3.05, 3.63) is 64.4 Å². The van der Waals surface area contributed by atoms with Gasteiger partial charge in [0.15, 0.2) is 0 Å². The van der Waals surface area contributed by atoms with Crippen LogP contribution in [-0.4, -0.2) is 11.7 Å². The number of hydrogen-bond donors (Lipinski definition) is 2. The van der Waals surface area contributed by atoms with Gasteiger partial charge in [-0.25, -0.2) is 4.39 Å². The summed E-state index contributed by atoms with van der Waals surface area (Å²) in [6.45, 7) is 0.333. The van der Waals surface area contributed by atoms with Gasteiger partial charge in [-0.05, 0) is 35.9 Å². The normalized spacial score (nSPS) is 12.2. The first kappa shape index (κ1) is 13.1. The van der Waals surface area contributed by atoms with Crippen LogP contribution in [0.3, 0.4) is 0 Å². The second-order valence-corrected chi connectivity index (χ2v) is 4.88. The van der Waals surface area contributed by atoms with Gasteiger partial charge in [-0.2, -0.15) is 0 Å². The molecule has 0 aliphatic heterocycles. The van der Waals surface area contributed by atoms with E-state index in [1.807, 2.05) is 24.3 Å². The fourth-order valence-electron chi connectivity index (χ4n) is 1.64. The molecule has 0 aliphatic carbocycles. The Morgan fingerprint density at radius 1 is 1.17 bits per heavy atom. The van der Waals surface area contributed by atoms with Crippen molar-refractivity contribution < 1.29 is 9.50 Å². The molecule has 4 heteroatoms. The maximum Gasteiger partial charge on any atom is 0.125 e. The second kappa shape index (κ2) is 5.98. The fourth-order valence-corrected chi connectivity index (χ4v) is 2.06. The van der Waals surface area contributed by atoms with E-state index in [-0.39, 0.29) is 5.82 Å². The van der Waals surface area contributed by atoms with E-state index in [4.69, 9.17) is 0 Å². The molecular weight excluding hydrogens is 297 g/mol. The summed E-state index contributed by atoms with van der Waals surface area (Å²) in [6.07, 6.45) is -0.634. The van der Waals surface area contributed by atoms with Crippen molar-refractivity contribution in [3.63, 3.8) is 0 Å². The van der Waals surface area contributed by atoms with Gasteiger partial charge in [-0.15, -0.1) is 0 Å². The smallest absolute Gasteiger partial charge is 0.125 e. The quantitative estimate of drug-likeness (QED) is 0.902. The average Bonchev–Trinajstić information content (AvgIpc) is 2.36. The van der Waals surface area contributed by atoms with Crippen LogP contribution in [0.4, 0.5) is 10.1 Å². The van der Waals surface area contributed by atoms with Gasteiger partial charge in [0.05, 0.1) is 6.10 Å². The Morgan fingerprint density at radius 3 is 2.67 bits per heavy atom. The van der Waals surface area contributed by atoms with Crippen LogP contribution >= 0.6 is 15.9 Å². The van der Waals surface area contributed by atoms with Gasteiger partial charge < -0.3 is 10.4 Å². The van der Waals surface area contributed by atoms with Gasteiger partial charge in [0.25, 0.3) is 0 Å². The molecule has 0 bridgehead atoms. The van der Waals surface area contributed by atoms with Crippen molar-refractivity contribution in [1.82, 2.24) is 0 Å². The highest BCUT2D eigenvalue weighted by Gasteiger charge is 2.07. The first-order chi connectivity index (χ1) is 8.65. The van der Waals surface area contributed by atoms with Crippen LogP contribution in [0.15, 0.2) is 53.0 Å². The molecule has 2 N–H and O–H groups in total. The molecule has 0 aromatic heterocycles. The van der Waals surface area contributed by atoms with E-state index in [2.05, 4.69) is 21.2 Å². The molecule has 0 amide bonds. The Balaban J connectivity index is 1.98. The van der Waals surface area contributed by atoms with Gasteiger partial charge in [0.1, 0.15) is 5.82 Å². The van der Waals surface area contributed by atoms with Gasteiger partial charge in [0.2, 0.25) is 0 Å². The van der Waals surface area contributed by atoms with Gasteiger partial charge in [-0.3, -0.25) is 0 Å². The number of rotatable bonds is 4. The largest absolute Gasteiger partial charge is 0.387 e. The molecule has 0 spiro atoms. The fraction of sp³-hybridized carbons (Fsp3) is 0.143. The van der Waals surface area contributed by atoms with E-state index in [1.165, 1.54) is 12.1 Å². The van der Waals surface area contributed by atoms with Gasteiger partial charge >= 0.3 is 0 Å². The maximum atomic E-state index is 13.0. The highest BCUT2D eigenvalue weighted by Crippen LogP contribution is 2.19. The van der Waals surface area contributed by atoms with Crippen molar-refractivity contribution in [1.29, 1.82) is 0 Å². The van der Waals surface area contributed by atoms with E-state index < -0.39 is 6.10 Å². The SMILES string of the molecule is OC(CNc1cccc(F)c1)c1cccc(Br)c1. The summed E-state index contributed by atoms with van der Waals surface area (Å²) in [5.74, 6) is -0.294. The zero-order valence-electron chi connectivity index (χ0n) is 9.61. The highest BCUT2D eigenvalue weighted by molar-refractivity contribution is 9.10. The Morgan fingerprint density at radius 2 is 1.94 bits per heavy atom. The molecule has 1 atom stereocenters. The summed E-state index contributed by atoms with van der Waals surface area (Å²) in [6, 6.07) is 13.6. The number of aliphatic hydroxyl groups is 1. The molecule has 0 radical (unpaired) electrons. The monoisotopic (exact) mass is 309 g/mol. The molecule has 2 nitrogen and oxygen atoms in total. The number of aliphatic hydroxyl groups excluding tert-OH is 1. The summed E-state index contributed by atoms with van der Waals surface area (Å²) in [4.78, 5) is 0. The lowest BCUT2D eigenvalue weighted by Crippen LogP contribution is -2.12. The molecule has 2 rings (SSSR count). The van der Waals surface area contributed by atoms with Gasteiger partial charge in [-0.1, -0.05) is 34.1 Å². The van der Waals surface area contributed by atoms with E-state index in [1.54, 1.807) is 12.1 Å². The third-order valence-electron chi connectivity index (χ3n) is 2.56. The van der Waals surface area contributed by atoms with Crippen LogP contribution in [-0.2, 0) is 0 Å². The molecule has 0 heterocycles. The highest BCUT2D eigenvalue weighted by atomic mass is 79.9. The standard InChI is InChI=1S/C14H13BrFNO/c15-11-4-1-3-10(7-11)14(18)9-17-13-6-2-5-12(16)8-13/h1-8,14,17-18H,9H2. The first-order valence-corrected chi connectivity index (χ1v) is 6.37. The molecule has 0 saturated heterocycles. The Hall–Kier alpha value is -1.39. The molecule has 0 saturated carbocycles. The predicted molar refractivity (Wildman–Crippen MR) is 74.0 cm³/mol. The Labute approximate surface area is 114 Å². The number of halogens is 2. The van der Waals surface area contributed by atoms with Gasteiger partial charge in [0, 0.05) is 16.7 Å². The Bertz CT molecular complexity index is 533. The second-order valence-electron chi connectivity index (χ2n) is 3.96. The summed E-state index contributed by atoms with van der Waals surface area (Å²) >= 11 is 3.35. The van der Waals surface area contributed by atoms with E-state index >= 15 is 0 Å². The maximum absolute atomic E-state index is 13.0. The molecule has 0 fully saturated rings. The molecule has 2 aromatic carbocycles. The van der Waals surface area contributed by atoms with Crippen molar-refractivity contribution in [2.24, 2.45) is 0 Å². The van der Waals surface area contributed by atoms with Crippen LogP contribution in [0.1, 0.15) is 11.7 Å². The Kier molecular flexibility index (Phi) is 4.33. The summed E-state index contributed by atoms with van der Waals surface area (Å²) in [5.41, 5.74) is 1.47. The predicted octanol–water partition coefficient (Wildman–Crippen LogP) is 3.73. The van der Waals surface area contributed by atoms with Crippen LogP contribution < -0.4 is 5.32 Å². The lowest BCUT2D eigenvalue weighted by Gasteiger charge is -2.13. The average molecular weight is 310 g/mol. The molecule has 94 valence electrons. The minimum atomic E-state index is -0.634. The van der Waals surface area contributed by atoms with E-state index in [0.29, 0.717) is 12.2 Å². The number of benzene rings is 2. The van der Waals surface area contributed by atoms with Crippen LogP contribution in [0.5, 0.6) is 0 Å². The van der Waals surface area contributed by atoms with Crippen molar-refractivity contribution in [3.8, 4) is 0 Å². The molecule has 1 unspecified atom stereocenters. The number of nitrogens with one attached hydrogen (secondary N) is 1. The van der Waals surface area contributed by atoms with Crippen molar-refractivity contribution in [2.45, 2.75) is 6.10 Å². The van der Waals surface area contributed by atoms with E-state index in [9.17, 15) is 9.50 Å². The zero-order chi connectivity index (χ0) is 13.0. The summed E-state index contributed by atoms with van der Waals surface area (Å²) < 4.78 is 13.9. The lowest BCUT2D eigenvalue weighted by molar-refractivity contribution is 0.191. The molecule has 18 heavy (non-hydrogen) atoms. The zero-order valence-corrected chi connectivity index (χ0v) is 11.2. The molecule has 0 aliphatic rings. The lowest BCUT2D eigenvalue weighted by atomic mass is 10.1. The van der Waals surface area contributed by atoms with Crippen LogP contribution in [0.2, 0.25) is 0 Å². The van der Waals surface area contributed by atoms with E-state index in [0.717, 1.165) is 10.0 Å². The minimum absolute atomic E-state index is 0.294. The summed E-state index contributed by atoms with van der Waals surface area (Å²) in [7, 11) is 0. The first-order valence-electron chi connectivity index (χ1n) is 5.58. The third kappa shape index (κ3) is 3.55. The number of anilines is 1.